The van der Waals surface area contributed by atoms with E-state index >= 15 is 0 Å². The van der Waals surface area contributed by atoms with Crippen molar-refractivity contribution < 1.29 is 4.42 Å². The monoisotopic (exact) mass is 961 g/mol. The standard InChI is InChI=1S/C71H64N2O/c1-45-39-46(2)41-56(40-45)73(54-37-32-50(33-38-54)70(8,9)10)63-44-61-67(68-66(63)59-27-19-20-28-64(59)74-68)65-58-26-18-17-25-57(58)62(43-60(65)71(61,51-21-13-11-14-22-51)52-23-15-12-16-24-52)72(55-34-29-47(3)48(4)42-55)53-35-30-49(31-36-53)69(5,6)7/h11-44H,1-10H3. The molecule has 1 aliphatic carbocycles. The van der Waals surface area contributed by atoms with Crippen molar-refractivity contribution >= 4 is 66.8 Å². The van der Waals surface area contributed by atoms with Crippen molar-refractivity contribution in [2.75, 3.05) is 9.80 Å². The van der Waals surface area contributed by atoms with Crippen molar-refractivity contribution in [2.45, 2.75) is 85.5 Å². The highest BCUT2D eigenvalue weighted by Crippen LogP contribution is 2.63. The smallest absolute Gasteiger partial charge is 0.145 e. The maximum Gasteiger partial charge on any atom is 0.145 e. The van der Waals surface area contributed by atoms with E-state index in [-0.39, 0.29) is 10.8 Å². The lowest BCUT2D eigenvalue weighted by Gasteiger charge is -2.36. The lowest BCUT2D eigenvalue weighted by Crippen LogP contribution is -2.29. The molecule has 0 saturated carbocycles. The van der Waals surface area contributed by atoms with Gasteiger partial charge < -0.3 is 14.2 Å². The third-order valence-corrected chi connectivity index (χ3v) is 15.8. The Hall–Kier alpha value is -8.14. The summed E-state index contributed by atoms with van der Waals surface area (Å²) < 4.78 is 7.48. The van der Waals surface area contributed by atoms with Gasteiger partial charge in [0.05, 0.1) is 22.2 Å². The molecule has 1 heterocycles. The van der Waals surface area contributed by atoms with Gasteiger partial charge in [0.15, 0.2) is 0 Å². The van der Waals surface area contributed by atoms with Gasteiger partial charge in [0.1, 0.15) is 11.2 Å². The first-order valence-electron chi connectivity index (χ1n) is 26.2. The van der Waals surface area contributed by atoms with Crippen LogP contribution >= 0.6 is 0 Å². The molecule has 0 unspecified atom stereocenters. The van der Waals surface area contributed by atoms with Gasteiger partial charge in [-0.2, -0.15) is 0 Å². The van der Waals surface area contributed by atoms with E-state index < -0.39 is 5.41 Å². The molecule has 0 spiro atoms. The number of nitrogens with zero attached hydrogens (tertiary/aromatic N) is 2. The van der Waals surface area contributed by atoms with Crippen LogP contribution in [-0.2, 0) is 16.2 Å². The summed E-state index contributed by atoms with van der Waals surface area (Å²) in [7, 11) is 0. The van der Waals surface area contributed by atoms with Gasteiger partial charge in [0.25, 0.3) is 0 Å². The van der Waals surface area contributed by atoms with E-state index in [0.29, 0.717) is 0 Å². The molecule has 364 valence electrons. The zero-order chi connectivity index (χ0) is 51.3. The number of aryl methyl sites for hydroxylation is 4. The maximum absolute atomic E-state index is 7.48. The minimum absolute atomic E-state index is 0.00525. The molecule has 0 saturated heterocycles. The van der Waals surface area contributed by atoms with E-state index in [1.54, 1.807) is 0 Å². The second kappa shape index (κ2) is 17.5. The highest BCUT2D eigenvalue weighted by Gasteiger charge is 2.50. The molecule has 0 atom stereocenters. The molecule has 1 aliphatic rings. The van der Waals surface area contributed by atoms with Crippen LogP contribution in [0.3, 0.4) is 0 Å². The summed E-state index contributed by atoms with van der Waals surface area (Å²) >= 11 is 0. The van der Waals surface area contributed by atoms with Crippen LogP contribution in [-0.4, -0.2) is 0 Å². The number of benzene rings is 10. The molecule has 12 rings (SSSR count). The third-order valence-electron chi connectivity index (χ3n) is 15.8. The number of hydrogen-bond acceptors (Lipinski definition) is 3. The Balaban J connectivity index is 1.27. The van der Waals surface area contributed by atoms with Crippen LogP contribution in [0, 0.1) is 27.7 Å². The van der Waals surface area contributed by atoms with Gasteiger partial charge in [-0.15, -0.1) is 0 Å². The Morgan fingerprint density at radius 3 is 1.41 bits per heavy atom. The summed E-state index contributed by atoms with van der Waals surface area (Å²) in [5.74, 6) is 0. The van der Waals surface area contributed by atoms with E-state index in [2.05, 4.69) is 285 Å². The molecular weight excluding hydrogens is 897 g/mol. The highest BCUT2D eigenvalue weighted by molar-refractivity contribution is 6.22. The average molecular weight is 961 g/mol. The number of furan rings is 1. The number of fused-ring (bicyclic) bond motifs is 9. The first-order chi connectivity index (χ1) is 35.6. The Morgan fingerprint density at radius 1 is 0.378 bits per heavy atom. The quantitative estimate of drug-likeness (QED) is 0.151. The predicted molar refractivity (Wildman–Crippen MR) is 314 cm³/mol. The van der Waals surface area contributed by atoms with Gasteiger partial charge in [-0.25, -0.2) is 0 Å². The van der Waals surface area contributed by atoms with Crippen LogP contribution in [0.1, 0.15) is 97.2 Å². The molecule has 3 nitrogen and oxygen atoms in total. The Labute approximate surface area is 437 Å². The van der Waals surface area contributed by atoms with Crippen LogP contribution in [0.4, 0.5) is 34.1 Å². The maximum atomic E-state index is 7.48. The van der Waals surface area contributed by atoms with E-state index in [4.69, 9.17) is 4.42 Å². The van der Waals surface area contributed by atoms with Gasteiger partial charge in [-0.3, -0.25) is 0 Å². The molecule has 10 aromatic carbocycles. The SMILES string of the molecule is Cc1cc(C)cc(N(c2ccc(C(C)(C)C)cc2)c2cc3c(c4oc5ccccc5c24)-c2c(cc(N(c4ccc(C(C)(C)C)cc4)c4ccc(C)c(C)c4)c4ccccc24)C3(c2ccccc2)c2ccccc2)c1. The first kappa shape index (κ1) is 46.9. The van der Waals surface area contributed by atoms with Crippen LogP contribution in [0.25, 0.3) is 43.8 Å². The van der Waals surface area contributed by atoms with E-state index in [0.717, 1.165) is 67.0 Å². The molecule has 1 aromatic heterocycles. The van der Waals surface area contributed by atoms with Crippen LogP contribution in [0.15, 0.2) is 211 Å². The summed E-state index contributed by atoms with van der Waals surface area (Å²) in [5, 5.41) is 4.51. The first-order valence-corrected chi connectivity index (χ1v) is 26.2. The Bertz CT molecular complexity index is 3880. The summed E-state index contributed by atoms with van der Waals surface area (Å²) in [6.07, 6.45) is 0. The summed E-state index contributed by atoms with van der Waals surface area (Å²) in [6.45, 7) is 22.6. The van der Waals surface area contributed by atoms with Crippen LogP contribution in [0.2, 0.25) is 0 Å². The molecule has 0 fully saturated rings. The van der Waals surface area contributed by atoms with Crippen molar-refractivity contribution in [1.82, 2.24) is 0 Å². The normalized spacial score (nSPS) is 13.1. The second-order valence-corrected chi connectivity index (χ2v) is 22.8. The minimum Gasteiger partial charge on any atom is -0.455 e. The third kappa shape index (κ3) is 7.55. The van der Waals surface area contributed by atoms with Crippen LogP contribution in [0.5, 0.6) is 0 Å². The van der Waals surface area contributed by atoms with Crippen LogP contribution < -0.4 is 9.80 Å². The van der Waals surface area contributed by atoms with Crippen molar-refractivity contribution in [1.29, 1.82) is 0 Å². The van der Waals surface area contributed by atoms with E-state index in [1.807, 2.05) is 0 Å². The fourth-order valence-electron chi connectivity index (χ4n) is 12.0. The van der Waals surface area contributed by atoms with E-state index in [1.165, 1.54) is 66.6 Å². The lowest BCUT2D eigenvalue weighted by molar-refractivity contribution is 0.590. The largest absolute Gasteiger partial charge is 0.455 e. The fraction of sp³-hybridized carbons (Fsp3) is 0.183. The molecule has 11 aromatic rings. The number of rotatable bonds is 8. The topological polar surface area (TPSA) is 19.6 Å². The predicted octanol–water partition coefficient (Wildman–Crippen LogP) is 19.9. The highest BCUT2D eigenvalue weighted by atomic mass is 16.3. The molecule has 0 radical (unpaired) electrons. The van der Waals surface area contributed by atoms with Gasteiger partial charge in [0.2, 0.25) is 0 Å². The molecular formula is C71H64N2O. The van der Waals surface area contributed by atoms with Gasteiger partial charge in [0, 0.05) is 39.1 Å². The molecule has 0 aliphatic heterocycles. The number of hydrogen-bond donors (Lipinski definition) is 0. The van der Waals surface area contributed by atoms with E-state index in [9.17, 15) is 0 Å². The minimum atomic E-state index is -0.802. The lowest BCUT2D eigenvalue weighted by atomic mass is 9.67. The Kier molecular flexibility index (Phi) is 11.1. The fourth-order valence-corrected chi connectivity index (χ4v) is 12.0. The summed E-state index contributed by atoms with van der Waals surface area (Å²) in [5.41, 5.74) is 22.2. The Morgan fingerprint density at radius 2 is 0.851 bits per heavy atom. The summed E-state index contributed by atoms with van der Waals surface area (Å²) in [6, 6.07) is 77.5. The zero-order valence-electron chi connectivity index (χ0n) is 44.4. The molecule has 0 amide bonds. The summed E-state index contributed by atoms with van der Waals surface area (Å²) in [4.78, 5) is 4.99. The van der Waals surface area contributed by atoms with Crippen molar-refractivity contribution in [2.24, 2.45) is 0 Å². The van der Waals surface area contributed by atoms with Gasteiger partial charge >= 0.3 is 0 Å². The second-order valence-electron chi connectivity index (χ2n) is 22.8. The van der Waals surface area contributed by atoms with Gasteiger partial charge in [-0.1, -0.05) is 181 Å². The number of para-hydroxylation sites is 1. The average Bonchev–Trinajstić information content (AvgIpc) is 3.92. The van der Waals surface area contributed by atoms with Gasteiger partial charge in [-0.05, 0) is 172 Å². The van der Waals surface area contributed by atoms with Crippen molar-refractivity contribution in [3.05, 3.63) is 262 Å². The molecule has 0 bridgehead atoms. The number of anilines is 6. The molecule has 74 heavy (non-hydrogen) atoms. The van der Waals surface area contributed by atoms with Crippen molar-refractivity contribution in [3.63, 3.8) is 0 Å². The molecule has 0 N–H and O–H groups in total. The molecule has 3 heteroatoms. The van der Waals surface area contributed by atoms with Crippen molar-refractivity contribution in [3.8, 4) is 11.1 Å². The zero-order valence-corrected chi connectivity index (χ0v) is 44.4.